The molecule has 47 heavy (non-hydrogen) atoms. The summed E-state index contributed by atoms with van der Waals surface area (Å²) in [4.78, 5) is 27.1. The minimum Gasteiger partial charge on any atom is -0.387 e. The summed E-state index contributed by atoms with van der Waals surface area (Å²) < 4.78 is 0. The van der Waals surface area contributed by atoms with Crippen molar-refractivity contribution in [1.82, 2.24) is 10.6 Å². The van der Waals surface area contributed by atoms with Gasteiger partial charge in [-0.15, -0.1) is 0 Å². The first-order valence-corrected chi connectivity index (χ1v) is 16.7. The minimum atomic E-state index is -1.31. The van der Waals surface area contributed by atoms with E-state index in [2.05, 4.69) is 10.6 Å². The first-order chi connectivity index (χ1) is 22.5. The van der Waals surface area contributed by atoms with Crippen molar-refractivity contribution in [3.8, 4) is 0 Å². The maximum absolute atomic E-state index is 13.6. The fraction of sp³-hybridized carbons (Fsp3) is 0.366. The Morgan fingerprint density at radius 2 is 0.723 bits per heavy atom. The van der Waals surface area contributed by atoms with E-state index in [0.717, 1.165) is 22.3 Å². The molecule has 4 aromatic carbocycles. The van der Waals surface area contributed by atoms with E-state index >= 15 is 0 Å². The number of benzene rings is 4. The lowest BCUT2D eigenvalue weighted by Gasteiger charge is -2.40. The summed E-state index contributed by atoms with van der Waals surface area (Å²) in [7, 11) is 0. The van der Waals surface area contributed by atoms with Crippen molar-refractivity contribution < 1.29 is 19.8 Å². The van der Waals surface area contributed by atoms with E-state index in [0.29, 0.717) is 25.7 Å². The van der Waals surface area contributed by atoms with E-state index in [1.165, 1.54) is 0 Å². The molecule has 6 heteroatoms. The van der Waals surface area contributed by atoms with Crippen LogP contribution in [0.5, 0.6) is 0 Å². The molecule has 4 rings (SSSR count). The molecule has 0 saturated heterocycles. The number of aliphatic hydroxyl groups is 2. The van der Waals surface area contributed by atoms with Gasteiger partial charge in [0, 0.05) is 25.7 Å². The summed E-state index contributed by atoms with van der Waals surface area (Å²) >= 11 is 0. The molecule has 2 atom stereocenters. The second kappa shape index (κ2) is 16.5. The van der Waals surface area contributed by atoms with E-state index < -0.39 is 41.5 Å². The molecule has 0 saturated carbocycles. The molecule has 0 fully saturated rings. The predicted octanol–water partition coefficient (Wildman–Crippen LogP) is 6.09. The Balaban J connectivity index is 1.53. The van der Waals surface area contributed by atoms with Gasteiger partial charge in [-0.05, 0) is 34.1 Å². The van der Waals surface area contributed by atoms with Gasteiger partial charge in [-0.1, -0.05) is 149 Å². The van der Waals surface area contributed by atoms with Gasteiger partial charge < -0.3 is 20.8 Å². The van der Waals surface area contributed by atoms with E-state index in [1.54, 1.807) is 0 Å². The van der Waals surface area contributed by atoms with Crippen LogP contribution in [0.4, 0.5) is 0 Å². The summed E-state index contributed by atoms with van der Waals surface area (Å²) in [6.07, 6.45) is 0.907. The third-order valence-corrected chi connectivity index (χ3v) is 8.86. The largest absolute Gasteiger partial charge is 0.387 e. The molecular formula is C41H50N2O4. The fourth-order valence-corrected chi connectivity index (χ4v) is 6.80. The van der Waals surface area contributed by atoms with Gasteiger partial charge >= 0.3 is 0 Å². The normalized spacial score (nSPS) is 13.3. The molecule has 0 aromatic heterocycles. The van der Waals surface area contributed by atoms with Crippen molar-refractivity contribution >= 4 is 11.8 Å². The topological polar surface area (TPSA) is 98.7 Å². The highest BCUT2D eigenvalue weighted by atomic mass is 16.3. The zero-order valence-corrected chi connectivity index (χ0v) is 28.1. The third kappa shape index (κ3) is 10.4. The molecule has 0 radical (unpaired) electrons. The van der Waals surface area contributed by atoms with Crippen molar-refractivity contribution in [1.29, 1.82) is 0 Å². The summed E-state index contributed by atoms with van der Waals surface area (Å²) in [5.74, 6) is -1.19. The van der Waals surface area contributed by atoms with Gasteiger partial charge in [0.1, 0.15) is 6.42 Å². The number of nitrogens with one attached hydrogen (secondary N) is 2. The Morgan fingerprint density at radius 3 is 0.936 bits per heavy atom. The van der Waals surface area contributed by atoms with Crippen LogP contribution in [0, 0.1) is 11.8 Å². The van der Waals surface area contributed by atoms with Crippen LogP contribution in [-0.4, -0.2) is 45.3 Å². The second-order valence-electron chi connectivity index (χ2n) is 13.6. The van der Waals surface area contributed by atoms with Crippen LogP contribution in [0.2, 0.25) is 0 Å². The number of rotatable bonds is 16. The highest BCUT2D eigenvalue weighted by Gasteiger charge is 2.42. The molecule has 0 unspecified atom stereocenters. The van der Waals surface area contributed by atoms with Crippen LogP contribution in [0.15, 0.2) is 121 Å². The highest BCUT2D eigenvalue weighted by molar-refractivity contribution is 5.97. The van der Waals surface area contributed by atoms with Crippen molar-refractivity contribution in [2.24, 2.45) is 11.8 Å². The smallest absolute Gasteiger partial charge is 0.229 e. The first kappa shape index (κ1) is 35.6. The van der Waals surface area contributed by atoms with Crippen molar-refractivity contribution in [2.45, 2.75) is 83.1 Å². The van der Waals surface area contributed by atoms with Gasteiger partial charge in [0.2, 0.25) is 11.8 Å². The lowest BCUT2D eigenvalue weighted by atomic mass is 9.77. The maximum atomic E-state index is 13.6. The van der Waals surface area contributed by atoms with Gasteiger partial charge in [0.15, 0.2) is 0 Å². The number of amides is 2. The van der Waals surface area contributed by atoms with Crippen LogP contribution in [-0.2, 0) is 35.3 Å². The molecule has 4 aromatic rings. The van der Waals surface area contributed by atoms with Crippen molar-refractivity contribution in [3.05, 3.63) is 144 Å². The molecule has 4 N–H and O–H groups in total. The minimum absolute atomic E-state index is 0.121. The maximum Gasteiger partial charge on any atom is 0.229 e. The molecule has 0 aliphatic carbocycles. The molecular weight excluding hydrogens is 584 g/mol. The van der Waals surface area contributed by atoms with E-state index in [4.69, 9.17) is 0 Å². The van der Waals surface area contributed by atoms with Crippen LogP contribution < -0.4 is 10.6 Å². The third-order valence-electron chi connectivity index (χ3n) is 8.86. The van der Waals surface area contributed by atoms with E-state index in [-0.39, 0.29) is 11.8 Å². The molecule has 0 spiro atoms. The molecule has 0 aliphatic rings. The zero-order valence-electron chi connectivity index (χ0n) is 28.1. The molecule has 0 bridgehead atoms. The van der Waals surface area contributed by atoms with Crippen LogP contribution in [0.3, 0.4) is 0 Å². The van der Waals surface area contributed by atoms with Gasteiger partial charge in [0.05, 0.1) is 23.3 Å². The van der Waals surface area contributed by atoms with Crippen LogP contribution in [0.25, 0.3) is 0 Å². The van der Waals surface area contributed by atoms with Gasteiger partial charge in [-0.3, -0.25) is 9.59 Å². The molecule has 2 amide bonds. The number of hydrogen-bond acceptors (Lipinski definition) is 4. The first-order valence-electron chi connectivity index (χ1n) is 16.7. The SMILES string of the molecule is CC(C)[C@@H](NC(=O)CC(=O)N[C@H](C(C)C)C(O)(Cc1ccccc1)Cc1ccccc1)C(O)(Cc1ccccc1)Cc1ccccc1. The van der Waals surface area contributed by atoms with E-state index in [1.807, 2.05) is 149 Å². The van der Waals surface area contributed by atoms with Gasteiger partial charge in [-0.25, -0.2) is 0 Å². The molecule has 0 aliphatic heterocycles. The van der Waals surface area contributed by atoms with Crippen LogP contribution >= 0.6 is 0 Å². The highest BCUT2D eigenvalue weighted by Crippen LogP contribution is 2.29. The standard InChI is InChI=1S/C41H50N2O4/c1-30(2)38(40(46,26-32-17-9-5-10-18-32)27-33-19-11-6-12-20-33)42-36(44)25-37(45)43-39(31(3)4)41(47,28-34-21-13-7-14-22-34)29-35-23-15-8-16-24-35/h5-24,30-31,38-39,46-47H,25-29H2,1-4H3,(H,42,44)(H,43,45)/t38-,39-/m1/s1. The Hall–Kier alpha value is -4.26. The summed E-state index contributed by atoms with van der Waals surface area (Å²) in [5, 5.41) is 30.7. The van der Waals surface area contributed by atoms with Crippen molar-refractivity contribution in [2.75, 3.05) is 0 Å². The quantitative estimate of drug-likeness (QED) is 0.112. The predicted molar refractivity (Wildman–Crippen MR) is 189 cm³/mol. The van der Waals surface area contributed by atoms with Crippen molar-refractivity contribution in [3.63, 3.8) is 0 Å². The Bertz CT molecular complexity index is 1330. The Labute approximate surface area is 280 Å². The fourth-order valence-electron chi connectivity index (χ4n) is 6.80. The van der Waals surface area contributed by atoms with Gasteiger partial charge in [-0.2, -0.15) is 0 Å². The summed E-state index contributed by atoms with van der Waals surface area (Å²) in [6, 6.07) is 37.8. The zero-order chi connectivity index (χ0) is 33.9. The Kier molecular flexibility index (Phi) is 12.5. The van der Waals surface area contributed by atoms with E-state index in [9.17, 15) is 19.8 Å². The molecule has 0 heterocycles. The molecule has 248 valence electrons. The summed E-state index contributed by atoms with van der Waals surface area (Å²) in [5.41, 5.74) is 1.21. The summed E-state index contributed by atoms with van der Waals surface area (Å²) in [6.45, 7) is 7.87. The monoisotopic (exact) mass is 634 g/mol. The number of hydrogen-bond donors (Lipinski definition) is 4. The molecule has 6 nitrogen and oxygen atoms in total. The number of carbonyl (C=O) groups excluding carboxylic acids is 2. The van der Waals surface area contributed by atoms with Gasteiger partial charge in [0.25, 0.3) is 0 Å². The Morgan fingerprint density at radius 1 is 0.489 bits per heavy atom. The van der Waals surface area contributed by atoms with Crippen LogP contribution in [0.1, 0.15) is 56.4 Å². The lowest BCUT2D eigenvalue weighted by Crippen LogP contribution is -2.60. The second-order valence-corrected chi connectivity index (χ2v) is 13.6. The average molecular weight is 635 g/mol. The lowest BCUT2D eigenvalue weighted by molar-refractivity contribution is -0.133. The average Bonchev–Trinajstić information content (AvgIpc) is 3.04. The number of carbonyl (C=O) groups is 2.